The third kappa shape index (κ3) is 6.29. The molecule has 0 aliphatic carbocycles. The van der Waals surface area contributed by atoms with Crippen molar-refractivity contribution in [3.05, 3.63) is 88.5 Å². The maximum Gasteiger partial charge on any atom is 0.310 e. The highest BCUT2D eigenvalue weighted by Gasteiger charge is 2.39. The van der Waals surface area contributed by atoms with Crippen LogP contribution < -0.4 is 21.3 Å². The highest BCUT2D eigenvalue weighted by atomic mass is 16.5. The molecule has 38 heavy (non-hydrogen) atoms. The summed E-state index contributed by atoms with van der Waals surface area (Å²) in [6.45, 7) is 12.6. The van der Waals surface area contributed by atoms with Gasteiger partial charge in [-0.25, -0.2) is 5.84 Å². The van der Waals surface area contributed by atoms with E-state index in [9.17, 15) is 9.90 Å². The second kappa shape index (κ2) is 12.3. The van der Waals surface area contributed by atoms with Crippen LogP contribution in [0, 0.1) is 12.3 Å². The Kier molecular flexibility index (Phi) is 9.41. The minimum Gasteiger partial charge on any atom is -0.492 e. The van der Waals surface area contributed by atoms with Crippen molar-refractivity contribution in [3.63, 3.8) is 0 Å². The van der Waals surface area contributed by atoms with Crippen molar-refractivity contribution in [1.82, 2.24) is 4.90 Å². The molecule has 0 spiro atoms. The lowest BCUT2D eigenvalue weighted by molar-refractivity contribution is -0.147. The van der Waals surface area contributed by atoms with Gasteiger partial charge in [-0.05, 0) is 61.2 Å². The maximum atomic E-state index is 12.4. The van der Waals surface area contributed by atoms with Gasteiger partial charge in [0.2, 0.25) is 0 Å². The number of carbonyl (C=O) groups is 1. The van der Waals surface area contributed by atoms with E-state index >= 15 is 0 Å². The van der Waals surface area contributed by atoms with Crippen LogP contribution in [-0.4, -0.2) is 36.2 Å². The van der Waals surface area contributed by atoms with Gasteiger partial charge in [0.25, 0.3) is 0 Å². The number of carboxylic acid groups (broad SMARTS) is 1. The summed E-state index contributed by atoms with van der Waals surface area (Å²) in [6.07, 6.45) is 0. The number of rotatable bonds is 7. The Labute approximate surface area is 227 Å². The van der Waals surface area contributed by atoms with Gasteiger partial charge < -0.3 is 20.6 Å². The van der Waals surface area contributed by atoms with Gasteiger partial charge >= 0.3 is 5.97 Å². The molecule has 204 valence electrons. The highest BCUT2D eigenvalue weighted by molar-refractivity contribution is 5.77. The fraction of sp³-hybridized carbons (Fsp3) is 0.387. The summed E-state index contributed by atoms with van der Waals surface area (Å²) in [7, 11) is 1.72. The topological polar surface area (TPSA) is 105 Å². The van der Waals surface area contributed by atoms with Crippen LogP contribution in [0.5, 0.6) is 5.75 Å². The first kappa shape index (κ1) is 29.0. The summed E-state index contributed by atoms with van der Waals surface area (Å²) in [4.78, 5) is 14.8. The molecule has 1 unspecified atom stereocenters. The Balaban J connectivity index is 0.00000195. The average Bonchev–Trinajstić information content (AvgIpc) is 3.08. The Morgan fingerprint density at radius 3 is 2.42 bits per heavy atom. The number of anilines is 2. The number of benzene rings is 3. The number of aryl methyl sites for hydroxylation is 1. The van der Waals surface area contributed by atoms with Crippen molar-refractivity contribution in [2.45, 2.75) is 53.6 Å². The molecule has 7 nitrogen and oxygen atoms in total. The number of aliphatic carboxylic acids is 1. The van der Waals surface area contributed by atoms with Crippen molar-refractivity contribution < 1.29 is 14.6 Å². The van der Waals surface area contributed by atoms with Crippen LogP contribution in [0.3, 0.4) is 0 Å². The zero-order chi connectivity index (χ0) is 28.0. The molecule has 3 aromatic rings. The van der Waals surface area contributed by atoms with E-state index in [0.717, 1.165) is 36.5 Å². The molecule has 3 aromatic carbocycles. The second-order valence-corrected chi connectivity index (χ2v) is 10.2. The molecule has 0 saturated heterocycles. The summed E-state index contributed by atoms with van der Waals surface area (Å²) < 4.78 is 5.94. The predicted molar refractivity (Wildman–Crippen MR) is 155 cm³/mol. The van der Waals surface area contributed by atoms with Gasteiger partial charge in [-0.2, -0.15) is 0 Å². The summed E-state index contributed by atoms with van der Waals surface area (Å²) in [6, 6.07) is 20.0. The van der Waals surface area contributed by atoms with Crippen LogP contribution in [0.1, 0.15) is 61.4 Å². The Hall–Kier alpha value is -3.55. The van der Waals surface area contributed by atoms with Crippen molar-refractivity contribution >= 4 is 17.3 Å². The van der Waals surface area contributed by atoms with Crippen LogP contribution in [0.2, 0.25) is 0 Å². The molecule has 1 atom stereocenters. The van der Waals surface area contributed by atoms with Crippen molar-refractivity contribution in [2.75, 3.05) is 30.9 Å². The normalized spacial score (nSPS) is 14.3. The van der Waals surface area contributed by atoms with Gasteiger partial charge in [-0.1, -0.05) is 56.3 Å². The van der Waals surface area contributed by atoms with Crippen molar-refractivity contribution in [3.8, 4) is 5.75 Å². The molecule has 0 amide bonds. The smallest absolute Gasteiger partial charge is 0.310 e. The summed E-state index contributed by atoms with van der Waals surface area (Å²) in [5.74, 6) is 5.57. The van der Waals surface area contributed by atoms with Gasteiger partial charge in [0.15, 0.2) is 0 Å². The number of hydrogen-bond donors (Lipinski definition) is 3. The largest absolute Gasteiger partial charge is 0.492 e. The molecule has 1 aliphatic heterocycles. The molecular weight excluding hydrogens is 476 g/mol. The zero-order valence-electron chi connectivity index (χ0n) is 23.5. The molecule has 5 N–H and O–H groups in total. The minimum atomic E-state index is -1.06. The average molecular weight is 519 g/mol. The summed E-state index contributed by atoms with van der Waals surface area (Å²) in [5.41, 5.74) is 11.8. The Bertz CT molecular complexity index is 1260. The SMILES string of the molecule is CC.Cc1ccc(C(c2ccc(N(C)N)c(N)c2)C(C)(C)C(=O)O)cc1CN1CCOc2ccccc2C1. The standard InChI is InChI=1S/C29H36N4O3.C2H6/c1-19-9-10-20(15-23(19)18-33-13-14-36-26-8-6-5-7-22(26)17-33)27(29(2,3)28(34)35)21-11-12-25(32(4)31)24(30)16-21;1-2/h5-12,15-16,27H,13-14,17-18,30-31H2,1-4H3,(H,34,35);1-2H3. The van der Waals surface area contributed by atoms with Gasteiger partial charge in [0.05, 0.1) is 16.8 Å². The number of hydrazine groups is 1. The van der Waals surface area contributed by atoms with E-state index in [-0.39, 0.29) is 0 Å². The van der Waals surface area contributed by atoms with E-state index < -0.39 is 17.3 Å². The summed E-state index contributed by atoms with van der Waals surface area (Å²) in [5, 5.41) is 11.6. The zero-order valence-corrected chi connectivity index (χ0v) is 23.5. The van der Waals surface area contributed by atoms with Gasteiger partial charge in [0.1, 0.15) is 12.4 Å². The lowest BCUT2D eigenvalue weighted by Crippen LogP contribution is -2.32. The van der Waals surface area contributed by atoms with E-state index in [0.29, 0.717) is 18.0 Å². The number of fused-ring (bicyclic) bond motifs is 1. The van der Waals surface area contributed by atoms with E-state index in [2.05, 4.69) is 30.0 Å². The number of carboxylic acids is 1. The third-order valence-corrected chi connectivity index (χ3v) is 7.17. The second-order valence-electron chi connectivity index (χ2n) is 10.2. The molecule has 0 aromatic heterocycles. The monoisotopic (exact) mass is 518 g/mol. The molecule has 1 aliphatic rings. The lowest BCUT2D eigenvalue weighted by atomic mass is 9.70. The molecule has 7 heteroatoms. The predicted octanol–water partition coefficient (Wildman–Crippen LogP) is 5.55. The lowest BCUT2D eigenvalue weighted by Gasteiger charge is -2.33. The quantitative estimate of drug-likeness (QED) is 0.214. The van der Waals surface area contributed by atoms with E-state index in [1.165, 1.54) is 21.7 Å². The first-order chi connectivity index (χ1) is 18.1. The number of para-hydroxylation sites is 1. The number of nitrogens with two attached hydrogens (primary N) is 2. The maximum absolute atomic E-state index is 12.4. The van der Waals surface area contributed by atoms with Gasteiger partial charge in [0, 0.05) is 38.2 Å². The fourth-order valence-corrected chi connectivity index (χ4v) is 5.02. The molecule has 1 heterocycles. The van der Waals surface area contributed by atoms with Crippen molar-refractivity contribution in [1.29, 1.82) is 0 Å². The molecular formula is C31H42N4O3. The number of ether oxygens (including phenoxy) is 1. The van der Waals surface area contributed by atoms with Crippen LogP contribution in [0.25, 0.3) is 0 Å². The molecule has 0 saturated carbocycles. The van der Waals surface area contributed by atoms with Crippen molar-refractivity contribution in [2.24, 2.45) is 11.3 Å². The first-order valence-corrected chi connectivity index (χ1v) is 13.2. The van der Waals surface area contributed by atoms with E-state index in [1.807, 2.05) is 56.3 Å². The third-order valence-electron chi connectivity index (χ3n) is 7.17. The number of nitrogen functional groups attached to an aromatic ring is 1. The fourth-order valence-electron chi connectivity index (χ4n) is 5.02. The Morgan fingerprint density at radius 2 is 1.76 bits per heavy atom. The Morgan fingerprint density at radius 1 is 1.11 bits per heavy atom. The number of nitrogens with zero attached hydrogens (tertiary/aromatic N) is 2. The molecule has 4 rings (SSSR count). The van der Waals surface area contributed by atoms with Gasteiger partial charge in [-0.15, -0.1) is 0 Å². The highest BCUT2D eigenvalue weighted by Crippen LogP contribution is 2.43. The van der Waals surface area contributed by atoms with Gasteiger partial charge in [-0.3, -0.25) is 9.69 Å². The first-order valence-electron chi connectivity index (χ1n) is 13.2. The minimum absolute atomic E-state index is 0.401. The van der Waals surface area contributed by atoms with Crippen LogP contribution in [-0.2, 0) is 17.9 Å². The molecule has 0 fully saturated rings. The molecule has 0 bridgehead atoms. The van der Waals surface area contributed by atoms with Crippen LogP contribution in [0.15, 0.2) is 60.7 Å². The molecule has 0 radical (unpaired) electrons. The number of hydrogen-bond acceptors (Lipinski definition) is 6. The van der Waals surface area contributed by atoms with Crippen LogP contribution >= 0.6 is 0 Å². The van der Waals surface area contributed by atoms with E-state index in [1.54, 1.807) is 20.9 Å². The van der Waals surface area contributed by atoms with Crippen LogP contribution in [0.4, 0.5) is 11.4 Å². The van der Waals surface area contributed by atoms with E-state index in [4.69, 9.17) is 16.3 Å². The summed E-state index contributed by atoms with van der Waals surface area (Å²) >= 11 is 0.